The third-order valence-corrected chi connectivity index (χ3v) is 12.6. The predicted molar refractivity (Wildman–Crippen MR) is 251 cm³/mol. The van der Waals surface area contributed by atoms with Gasteiger partial charge in [-0.15, -0.1) is 0 Å². The fraction of sp³-hybridized carbons (Fsp3) is 1.00. The van der Waals surface area contributed by atoms with Gasteiger partial charge in [-0.3, -0.25) is 9.05 Å². The number of unbranched alkanes of at least 4 members (excludes halogenated alkanes) is 41. The fourth-order valence-electron chi connectivity index (χ4n) is 7.68. The molecule has 0 aromatic heterocycles. The molecule has 0 heterocycles. The van der Waals surface area contributed by atoms with Gasteiger partial charge in [-0.2, -0.15) is 0 Å². The van der Waals surface area contributed by atoms with Gasteiger partial charge in [0.25, 0.3) is 0 Å². The van der Waals surface area contributed by atoms with Crippen molar-refractivity contribution in [2.24, 2.45) is 5.73 Å². The summed E-state index contributed by atoms with van der Waals surface area (Å²) in [6, 6.07) is 0. The number of nitrogens with two attached hydrogens (primary N) is 1. The van der Waals surface area contributed by atoms with Gasteiger partial charge in [-0.1, -0.05) is 284 Å². The van der Waals surface area contributed by atoms with Crippen LogP contribution in [0.3, 0.4) is 0 Å². The summed E-state index contributed by atoms with van der Waals surface area (Å²) < 4.78 is 22.3. The molecule has 0 fully saturated rings. The van der Waals surface area contributed by atoms with Crippen molar-refractivity contribution in [3.8, 4) is 0 Å². The highest BCUT2D eigenvalue weighted by atomic mass is 31.2. The van der Waals surface area contributed by atoms with Crippen molar-refractivity contribution in [2.75, 3.05) is 19.8 Å². The Morgan fingerprint density at radius 1 is 0.304 bits per heavy atom. The van der Waals surface area contributed by atoms with Gasteiger partial charge in [0.05, 0.1) is 13.2 Å². The summed E-state index contributed by atoms with van der Waals surface area (Å²) in [4.78, 5) is 9.83. The van der Waals surface area contributed by atoms with Crippen molar-refractivity contribution in [3.63, 3.8) is 0 Å². The van der Waals surface area contributed by atoms with Gasteiger partial charge in [0, 0.05) is 0 Å². The van der Waals surface area contributed by atoms with Gasteiger partial charge < -0.3 is 10.6 Å². The number of rotatable bonds is 48. The zero-order valence-corrected chi connectivity index (χ0v) is 39.8. The van der Waals surface area contributed by atoms with Gasteiger partial charge in [0.1, 0.15) is 0 Å². The molecule has 0 rings (SSSR count). The minimum absolute atomic E-state index is 0.324. The molecule has 0 atom stereocenters. The lowest BCUT2D eigenvalue weighted by Gasteiger charge is -2.12. The molecule has 56 heavy (non-hydrogen) atoms. The summed E-state index contributed by atoms with van der Waals surface area (Å²) in [6.07, 6.45) is 59.2. The number of hydrogen-bond acceptors (Lipinski definition) is 4. The highest BCUT2D eigenvalue weighted by Gasteiger charge is 2.19. The molecule has 0 spiro atoms. The first-order chi connectivity index (χ1) is 27.5. The zero-order valence-electron chi connectivity index (χ0n) is 38.9. The van der Waals surface area contributed by atoms with Crippen LogP contribution in [0, 0.1) is 0 Å². The van der Waals surface area contributed by atoms with E-state index in [1.54, 1.807) is 0 Å². The van der Waals surface area contributed by atoms with Crippen LogP contribution in [0.15, 0.2) is 0 Å². The lowest BCUT2D eigenvalue weighted by molar-refractivity contribution is 0.145. The van der Waals surface area contributed by atoms with Gasteiger partial charge in [-0.25, -0.2) is 4.57 Å². The van der Waals surface area contributed by atoms with E-state index < -0.39 is 7.82 Å². The molecule has 0 aromatic carbocycles. The summed E-state index contributed by atoms with van der Waals surface area (Å²) in [7, 11) is -3.87. The van der Waals surface area contributed by atoms with E-state index in [9.17, 15) is 9.46 Å². The summed E-state index contributed by atoms with van der Waals surface area (Å²) >= 11 is 0. The lowest BCUT2D eigenvalue weighted by Crippen LogP contribution is -1.99. The average molecular weight is 816 g/mol. The molecule has 0 saturated heterocycles. The molecule has 5 nitrogen and oxygen atoms in total. The van der Waals surface area contributed by atoms with Crippen molar-refractivity contribution in [3.05, 3.63) is 0 Å². The normalized spacial score (nSPS) is 11.7. The second-order valence-corrected chi connectivity index (χ2v) is 18.9. The van der Waals surface area contributed by atoms with Crippen molar-refractivity contribution >= 4 is 7.82 Å². The van der Waals surface area contributed by atoms with Crippen molar-refractivity contribution in [2.45, 2.75) is 303 Å². The second kappa shape index (κ2) is 53.1. The maximum absolute atomic E-state index is 12.0. The van der Waals surface area contributed by atoms with Crippen LogP contribution in [0.4, 0.5) is 0 Å². The Balaban J connectivity index is 0. The van der Waals surface area contributed by atoms with Crippen LogP contribution in [0.1, 0.15) is 303 Å². The van der Waals surface area contributed by atoms with Gasteiger partial charge in [-0.05, 0) is 25.8 Å². The van der Waals surface area contributed by atoms with E-state index in [2.05, 4.69) is 20.8 Å². The quantitative estimate of drug-likeness (QED) is 0.0472. The van der Waals surface area contributed by atoms with E-state index in [0.29, 0.717) is 13.2 Å². The summed E-state index contributed by atoms with van der Waals surface area (Å²) in [5, 5.41) is 0. The van der Waals surface area contributed by atoms with Gasteiger partial charge in [0.2, 0.25) is 0 Å². The van der Waals surface area contributed by atoms with Gasteiger partial charge >= 0.3 is 7.82 Å². The molecule has 0 radical (unpaired) electrons. The molecule has 3 N–H and O–H groups in total. The SMILES string of the molecule is CCCCCCCCCCCCCCCCCCN.CCCCCCCCCCCCCCCCOP(=O)(O)OCCCCCCCCCCCCCCCC. The number of phosphoric acid groups is 1. The average Bonchev–Trinajstić information content (AvgIpc) is 3.19. The first-order valence-corrected chi connectivity index (χ1v) is 27.4. The molecule has 0 aliphatic rings. The smallest absolute Gasteiger partial charge is 0.330 e. The van der Waals surface area contributed by atoms with E-state index in [1.807, 2.05) is 0 Å². The molecule has 0 amide bonds. The highest BCUT2D eigenvalue weighted by molar-refractivity contribution is 7.47. The molecule has 340 valence electrons. The minimum atomic E-state index is -3.87. The van der Waals surface area contributed by atoms with Crippen molar-refractivity contribution in [1.82, 2.24) is 0 Å². The molecule has 0 aliphatic carbocycles. The molecule has 0 aromatic rings. The van der Waals surface area contributed by atoms with Crippen LogP contribution in [0.5, 0.6) is 0 Å². The molecule has 0 saturated carbocycles. The summed E-state index contributed by atoms with van der Waals surface area (Å²) in [5.41, 5.74) is 5.48. The van der Waals surface area contributed by atoms with Crippen LogP contribution in [0.2, 0.25) is 0 Å². The predicted octanol–water partition coefficient (Wildman–Crippen LogP) is 18.3. The van der Waals surface area contributed by atoms with E-state index in [1.165, 1.54) is 257 Å². The largest absolute Gasteiger partial charge is 0.472 e. The van der Waals surface area contributed by atoms with Gasteiger partial charge in [0.15, 0.2) is 0 Å². The van der Waals surface area contributed by atoms with Crippen LogP contribution < -0.4 is 5.73 Å². The Morgan fingerprint density at radius 2 is 0.464 bits per heavy atom. The van der Waals surface area contributed by atoms with E-state index in [0.717, 1.165) is 32.2 Å². The van der Waals surface area contributed by atoms with Crippen molar-refractivity contribution < 1.29 is 18.5 Å². The first kappa shape index (κ1) is 58.2. The number of hydrogen-bond donors (Lipinski definition) is 2. The molecule has 0 unspecified atom stereocenters. The van der Waals surface area contributed by atoms with Crippen LogP contribution in [-0.2, 0) is 13.6 Å². The van der Waals surface area contributed by atoms with E-state index in [-0.39, 0.29) is 0 Å². The minimum Gasteiger partial charge on any atom is -0.330 e. The molecule has 0 bridgehead atoms. The zero-order chi connectivity index (χ0) is 41.1. The van der Waals surface area contributed by atoms with Crippen LogP contribution in [-0.4, -0.2) is 24.7 Å². The standard InChI is InChI=1S/C32H67O4P.C18H39N/c1-3-5-7-9-11-13-15-17-19-21-23-25-27-29-31-35-37(33,34)36-32-30-28-26-24-22-20-18-16-14-12-10-8-6-4-2;1-2-3-4-5-6-7-8-9-10-11-12-13-14-15-16-17-18-19/h3-32H2,1-2H3,(H,33,34);2-19H2,1H3. The Morgan fingerprint density at radius 3 is 0.643 bits per heavy atom. The number of phosphoric ester groups is 1. The van der Waals surface area contributed by atoms with E-state index >= 15 is 0 Å². The molecule has 6 heteroatoms. The third-order valence-electron chi connectivity index (χ3n) is 11.6. The Kier molecular flexibility index (Phi) is 55.1. The van der Waals surface area contributed by atoms with Crippen LogP contribution >= 0.6 is 7.82 Å². The maximum Gasteiger partial charge on any atom is 0.472 e. The first-order valence-electron chi connectivity index (χ1n) is 25.9. The highest BCUT2D eigenvalue weighted by Crippen LogP contribution is 2.43. The third kappa shape index (κ3) is 56.2. The molecular formula is C50H106NO4P. The summed E-state index contributed by atoms with van der Waals surface area (Å²) in [5.74, 6) is 0. The summed E-state index contributed by atoms with van der Waals surface area (Å²) in [6.45, 7) is 8.36. The topological polar surface area (TPSA) is 81.8 Å². The Hall–Kier alpha value is 0.0700. The van der Waals surface area contributed by atoms with Crippen molar-refractivity contribution in [1.29, 1.82) is 0 Å². The van der Waals surface area contributed by atoms with E-state index in [4.69, 9.17) is 14.8 Å². The maximum atomic E-state index is 12.0. The molecular weight excluding hydrogens is 710 g/mol. The Labute approximate surface area is 354 Å². The fourth-order valence-corrected chi connectivity index (χ4v) is 8.48. The second-order valence-electron chi connectivity index (χ2n) is 17.4. The Bertz CT molecular complexity index is 669. The molecule has 0 aliphatic heterocycles. The monoisotopic (exact) mass is 816 g/mol. The lowest BCUT2D eigenvalue weighted by atomic mass is 10.0. The van der Waals surface area contributed by atoms with Crippen LogP contribution in [0.25, 0.3) is 0 Å².